The lowest BCUT2D eigenvalue weighted by Crippen LogP contribution is -2.26. The number of hydrogen-bond acceptors (Lipinski definition) is 8. The molecule has 3 N–H and O–H groups in total. The zero-order valence-corrected chi connectivity index (χ0v) is 12.3. The molecule has 0 aliphatic rings. The van der Waals surface area contributed by atoms with E-state index in [0.29, 0.717) is 0 Å². The summed E-state index contributed by atoms with van der Waals surface area (Å²) in [6, 6.07) is 0. The van der Waals surface area contributed by atoms with Crippen LogP contribution in [0.4, 0.5) is 0 Å². The Labute approximate surface area is 117 Å². The minimum atomic E-state index is -4.37. The van der Waals surface area contributed by atoms with E-state index in [1.165, 1.54) is 7.11 Å². The predicted octanol–water partition coefficient (Wildman–Crippen LogP) is -0.559. The molecule has 0 heterocycles. The van der Waals surface area contributed by atoms with Crippen molar-refractivity contribution in [3.05, 3.63) is 0 Å². The monoisotopic (exact) mass is 316 g/mol. The lowest BCUT2D eigenvalue weighted by atomic mass is 10.4. The van der Waals surface area contributed by atoms with Crippen molar-refractivity contribution in [3.8, 4) is 0 Å². The first kappa shape index (κ1) is 19.5. The molecule has 0 radical (unpaired) electrons. The van der Waals surface area contributed by atoms with Gasteiger partial charge in [-0.15, -0.1) is 0 Å². The summed E-state index contributed by atoms with van der Waals surface area (Å²) in [7, 11) is -3.05. The molecule has 0 rings (SSSR count). The molecule has 0 aliphatic carbocycles. The SMILES string of the molecule is CCC(=O)OC[C@H](COP(=O)(O)OC[C@@H](O)CO)OC. The second-order valence-corrected chi connectivity index (χ2v) is 5.24. The molecule has 0 saturated heterocycles. The van der Waals surface area contributed by atoms with Gasteiger partial charge in [-0.25, -0.2) is 4.57 Å². The Balaban J connectivity index is 4.07. The third-order valence-electron chi connectivity index (χ3n) is 2.12. The lowest BCUT2D eigenvalue weighted by molar-refractivity contribution is -0.147. The summed E-state index contributed by atoms with van der Waals surface area (Å²) in [6.45, 7) is 0.0161. The Hall–Kier alpha value is -0.540. The summed E-state index contributed by atoms with van der Waals surface area (Å²) in [4.78, 5) is 20.2. The highest BCUT2D eigenvalue weighted by atomic mass is 31.2. The molecule has 0 aromatic heterocycles. The number of esters is 1. The molecule has 0 saturated carbocycles. The Kier molecular flexibility index (Phi) is 9.95. The Bertz CT molecular complexity index is 322. The maximum Gasteiger partial charge on any atom is 0.472 e. The van der Waals surface area contributed by atoms with Crippen molar-refractivity contribution < 1.29 is 43.0 Å². The number of phosphoric acid groups is 1. The largest absolute Gasteiger partial charge is 0.472 e. The van der Waals surface area contributed by atoms with Crippen molar-refractivity contribution in [2.45, 2.75) is 25.6 Å². The van der Waals surface area contributed by atoms with Crippen LogP contribution in [0.2, 0.25) is 0 Å². The van der Waals surface area contributed by atoms with E-state index in [9.17, 15) is 14.3 Å². The molecule has 10 heteroatoms. The van der Waals surface area contributed by atoms with Gasteiger partial charge in [0.15, 0.2) is 0 Å². The van der Waals surface area contributed by atoms with E-state index in [1.807, 2.05) is 0 Å². The van der Waals surface area contributed by atoms with Crippen LogP contribution in [0.1, 0.15) is 13.3 Å². The van der Waals surface area contributed by atoms with Crippen LogP contribution >= 0.6 is 7.82 Å². The first-order valence-electron chi connectivity index (χ1n) is 5.93. The van der Waals surface area contributed by atoms with Crippen molar-refractivity contribution in [3.63, 3.8) is 0 Å². The number of aliphatic hydroxyl groups excluding tert-OH is 2. The van der Waals surface area contributed by atoms with E-state index in [2.05, 4.69) is 9.05 Å². The van der Waals surface area contributed by atoms with Gasteiger partial charge in [0.25, 0.3) is 0 Å². The van der Waals surface area contributed by atoms with Gasteiger partial charge < -0.3 is 24.6 Å². The lowest BCUT2D eigenvalue weighted by Gasteiger charge is -2.18. The fraction of sp³-hybridized carbons (Fsp3) is 0.900. The first-order valence-corrected chi connectivity index (χ1v) is 7.43. The molecule has 9 nitrogen and oxygen atoms in total. The van der Waals surface area contributed by atoms with Crippen molar-refractivity contribution >= 4 is 13.8 Å². The molecular formula is C10H21O9P. The topological polar surface area (TPSA) is 132 Å². The van der Waals surface area contributed by atoms with Crippen molar-refractivity contribution in [2.75, 3.05) is 33.5 Å². The Morgan fingerprint density at radius 2 is 1.85 bits per heavy atom. The zero-order chi connectivity index (χ0) is 15.6. The number of hydrogen-bond donors (Lipinski definition) is 3. The highest BCUT2D eigenvalue weighted by Crippen LogP contribution is 2.43. The molecular weight excluding hydrogens is 295 g/mol. The zero-order valence-electron chi connectivity index (χ0n) is 11.4. The summed E-state index contributed by atoms with van der Waals surface area (Å²) < 4.78 is 30.2. The highest BCUT2D eigenvalue weighted by Gasteiger charge is 2.25. The van der Waals surface area contributed by atoms with E-state index in [0.717, 1.165) is 0 Å². The molecule has 1 unspecified atom stereocenters. The van der Waals surface area contributed by atoms with Gasteiger partial charge in [-0.2, -0.15) is 0 Å². The summed E-state index contributed by atoms with van der Waals surface area (Å²) in [5, 5.41) is 17.5. The minimum absolute atomic E-state index is 0.123. The van der Waals surface area contributed by atoms with E-state index >= 15 is 0 Å². The van der Waals surface area contributed by atoms with Crippen molar-refractivity contribution in [1.29, 1.82) is 0 Å². The highest BCUT2D eigenvalue weighted by molar-refractivity contribution is 7.47. The van der Waals surface area contributed by atoms with Gasteiger partial charge >= 0.3 is 13.8 Å². The molecule has 0 aliphatic heterocycles. The fourth-order valence-corrected chi connectivity index (χ4v) is 1.71. The molecule has 0 amide bonds. The minimum Gasteiger partial charge on any atom is -0.463 e. The normalized spacial score (nSPS) is 17.2. The number of carbonyl (C=O) groups excluding carboxylic acids is 1. The standard InChI is InChI=1S/C10H21O9P/c1-3-10(13)17-6-9(16-2)7-19-20(14,15)18-5-8(12)4-11/h8-9,11-12H,3-7H2,1-2H3,(H,14,15)/t8-,9+/m0/s1. The van der Waals surface area contributed by atoms with Crippen LogP contribution in [0.15, 0.2) is 0 Å². The van der Waals surface area contributed by atoms with E-state index in [1.54, 1.807) is 6.92 Å². The number of methoxy groups -OCH3 is 1. The van der Waals surface area contributed by atoms with Gasteiger partial charge in [-0.3, -0.25) is 13.8 Å². The third-order valence-corrected chi connectivity index (χ3v) is 3.07. The van der Waals surface area contributed by atoms with Gasteiger partial charge in [0.1, 0.15) is 18.8 Å². The van der Waals surface area contributed by atoms with Crippen LogP contribution < -0.4 is 0 Å². The summed E-state index contributed by atoms with van der Waals surface area (Å²) in [6.07, 6.45) is -1.79. The van der Waals surface area contributed by atoms with E-state index in [-0.39, 0.29) is 19.6 Å². The van der Waals surface area contributed by atoms with Gasteiger partial charge in [0.2, 0.25) is 0 Å². The van der Waals surface area contributed by atoms with E-state index in [4.69, 9.17) is 19.7 Å². The molecule has 0 fully saturated rings. The molecule has 0 aromatic carbocycles. The molecule has 0 spiro atoms. The number of ether oxygens (including phenoxy) is 2. The van der Waals surface area contributed by atoms with Crippen LogP contribution in [0, 0.1) is 0 Å². The molecule has 0 bridgehead atoms. The second-order valence-electron chi connectivity index (χ2n) is 3.79. The maximum absolute atomic E-state index is 11.4. The van der Waals surface area contributed by atoms with E-state index < -0.39 is 39.2 Å². The van der Waals surface area contributed by atoms with Crippen LogP contribution in [-0.2, 0) is 27.9 Å². The number of aliphatic hydroxyl groups is 2. The molecule has 0 aromatic rings. The summed E-state index contributed by atoms with van der Waals surface area (Å²) in [5.41, 5.74) is 0. The van der Waals surface area contributed by atoms with Crippen LogP contribution in [0.25, 0.3) is 0 Å². The smallest absolute Gasteiger partial charge is 0.463 e. The van der Waals surface area contributed by atoms with Gasteiger partial charge in [0, 0.05) is 13.5 Å². The van der Waals surface area contributed by atoms with Gasteiger partial charge in [-0.1, -0.05) is 6.92 Å². The Morgan fingerprint density at radius 3 is 2.35 bits per heavy atom. The third kappa shape index (κ3) is 9.38. The second kappa shape index (κ2) is 10.2. The number of phosphoric ester groups is 1. The van der Waals surface area contributed by atoms with Gasteiger partial charge in [-0.05, 0) is 0 Å². The van der Waals surface area contributed by atoms with Crippen LogP contribution in [-0.4, -0.2) is 66.8 Å². The van der Waals surface area contributed by atoms with Crippen molar-refractivity contribution in [2.24, 2.45) is 0 Å². The number of carbonyl (C=O) groups is 1. The predicted molar refractivity (Wildman–Crippen MR) is 66.9 cm³/mol. The molecule has 20 heavy (non-hydrogen) atoms. The average Bonchev–Trinajstić information content (AvgIpc) is 2.44. The van der Waals surface area contributed by atoms with Crippen LogP contribution in [0.3, 0.4) is 0 Å². The van der Waals surface area contributed by atoms with Gasteiger partial charge in [0.05, 0.1) is 19.8 Å². The quantitative estimate of drug-likeness (QED) is 0.339. The summed E-state index contributed by atoms with van der Waals surface area (Å²) in [5.74, 6) is -0.429. The fourth-order valence-electron chi connectivity index (χ4n) is 0.920. The molecule has 3 atom stereocenters. The maximum atomic E-state index is 11.4. The van der Waals surface area contributed by atoms with Crippen LogP contribution in [0.5, 0.6) is 0 Å². The number of rotatable bonds is 11. The van der Waals surface area contributed by atoms with Crippen molar-refractivity contribution in [1.82, 2.24) is 0 Å². The molecule has 120 valence electrons. The average molecular weight is 316 g/mol. The Morgan fingerprint density at radius 1 is 1.25 bits per heavy atom. The first-order chi connectivity index (χ1) is 9.34. The summed E-state index contributed by atoms with van der Waals surface area (Å²) >= 11 is 0.